The van der Waals surface area contributed by atoms with Crippen molar-refractivity contribution in [2.75, 3.05) is 19.7 Å². The van der Waals surface area contributed by atoms with Crippen LogP contribution in [-0.2, 0) is 33.4 Å². The summed E-state index contributed by atoms with van der Waals surface area (Å²) in [5, 5.41) is 45.0. The summed E-state index contributed by atoms with van der Waals surface area (Å²) in [7, 11) is 0. The van der Waals surface area contributed by atoms with Gasteiger partial charge in [-0.05, 0) is 39.5 Å². The van der Waals surface area contributed by atoms with E-state index in [9.17, 15) is 44.4 Å². The third-order valence-electron chi connectivity index (χ3n) is 7.69. The number of carboxylic acids is 1. The van der Waals surface area contributed by atoms with Gasteiger partial charge >= 0.3 is 5.97 Å². The fourth-order valence-corrected chi connectivity index (χ4v) is 5.49. The van der Waals surface area contributed by atoms with Gasteiger partial charge in [0, 0.05) is 20.0 Å². The Bertz CT molecular complexity index is 997. The molecule has 232 valence electrons. The normalized spacial score (nSPS) is 32.2. The predicted molar refractivity (Wildman–Crippen MR) is 139 cm³/mol. The van der Waals surface area contributed by atoms with Crippen molar-refractivity contribution in [1.82, 2.24) is 20.4 Å². The quantitative estimate of drug-likeness (QED) is 0.130. The lowest BCUT2D eigenvalue weighted by atomic mass is 9.96. The Labute approximate surface area is 237 Å². The van der Waals surface area contributed by atoms with Crippen LogP contribution in [0.2, 0.25) is 0 Å². The van der Waals surface area contributed by atoms with E-state index in [1.165, 1.54) is 30.6 Å². The number of nitrogens with two attached hydrogens (primary N) is 1. The Morgan fingerprint density at radius 3 is 2.20 bits per heavy atom. The van der Waals surface area contributed by atoms with Crippen molar-refractivity contribution < 1.29 is 53.9 Å². The summed E-state index contributed by atoms with van der Waals surface area (Å²) in [6.45, 7) is 3.75. The van der Waals surface area contributed by atoms with Crippen LogP contribution in [0.15, 0.2) is 0 Å². The first-order chi connectivity index (χ1) is 19.3. The Morgan fingerprint density at radius 1 is 1.02 bits per heavy atom. The standard InChI is InChI=1S/C25H41N5O11/c1-11(26)21(35)28-17(12(2)40-25-18(27-13(3)32)20(34)19(33)16(10-31)41-25)23(37)29-8-4-6-14(29)22(36)30-9-5-7-15(30)24(38)39/h11-12,14-20,25,31,33-34H,4-10,26H2,1-3H3,(H,27,32)(H,28,35)(H,38,39)/t11-,12+,14-,15-,16+,17-,18+,19-,20+,25-/m0/s1. The molecule has 0 radical (unpaired) electrons. The van der Waals surface area contributed by atoms with Gasteiger partial charge in [-0.2, -0.15) is 0 Å². The molecule has 3 fully saturated rings. The van der Waals surface area contributed by atoms with Crippen molar-refractivity contribution in [2.45, 2.75) is 107 Å². The molecule has 3 aliphatic heterocycles. The van der Waals surface area contributed by atoms with Crippen LogP contribution >= 0.6 is 0 Å². The molecule has 0 saturated carbocycles. The number of carbonyl (C=O) groups excluding carboxylic acids is 4. The maximum atomic E-state index is 13.9. The van der Waals surface area contributed by atoms with Gasteiger partial charge in [0.15, 0.2) is 6.29 Å². The zero-order valence-electron chi connectivity index (χ0n) is 23.3. The highest BCUT2D eigenvalue weighted by Gasteiger charge is 2.48. The van der Waals surface area contributed by atoms with Crippen molar-refractivity contribution in [3.8, 4) is 0 Å². The Balaban J connectivity index is 1.86. The number of ether oxygens (including phenoxy) is 2. The third kappa shape index (κ3) is 7.31. The van der Waals surface area contributed by atoms with Crippen molar-refractivity contribution >= 4 is 29.6 Å². The number of likely N-dealkylation sites (tertiary alicyclic amines) is 2. The molecule has 0 aromatic heterocycles. The molecule has 16 heteroatoms. The van der Waals surface area contributed by atoms with E-state index in [1.54, 1.807) is 0 Å². The number of aliphatic hydroxyl groups excluding tert-OH is 3. The van der Waals surface area contributed by atoms with Crippen molar-refractivity contribution in [3.63, 3.8) is 0 Å². The monoisotopic (exact) mass is 587 g/mol. The van der Waals surface area contributed by atoms with E-state index in [0.717, 1.165) is 0 Å². The van der Waals surface area contributed by atoms with Gasteiger partial charge in [0.2, 0.25) is 23.6 Å². The average molecular weight is 588 g/mol. The smallest absolute Gasteiger partial charge is 0.326 e. The average Bonchev–Trinajstić information content (AvgIpc) is 3.60. The fourth-order valence-electron chi connectivity index (χ4n) is 5.49. The summed E-state index contributed by atoms with van der Waals surface area (Å²) in [6, 6.07) is -5.64. The fraction of sp³-hybridized carbons (Fsp3) is 0.800. The molecule has 4 amide bonds. The Hall–Kier alpha value is -2.89. The van der Waals surface area contributed by atoms with Crippen LogP contribution < -0.4 is 16.4 Å². The van der Waals surface area contributed by atoms with Crippen LogP contribution in [0.5, 0.6) is 0 Å². The van der Waals surface area contributed by atoms with Gasteiger partial charge in [-0.3, -0.25) is 19.2 Å². The van der Waals surface area contributed by atoms with Gasteiger partial charge < -0.3 is 56.1 Å². The Morgan fingerprint density at radius 2 is 1.63 bits per heavy atom. The first kappa shape index (κ1) is 32.6. The van der Waals surface area contributed by atoms with E-state index >= 15 is 0 Å². The maximum Gasteiger partial charge on any atom is 0.326 e. The Kier molecular flexibility index (Phi) is 11.0. The predicted octanol–water partition coefficient (Wildman–Crippen LogP) is -3.77. The lowest BCUT2D eigenvalue weighted by molar-refractivity contribution is -0.281. The highest BCUT2D eigenvalue weighted by molar-refractivity contribution is 5.95. The van der Waals surface area contributed by atoms with E-state index in [-0.39, 0.29) is 13.1 Å². The zero-order chi connectivity index (χ0) is 30.6. The zero-order valence-corrected chi connectivity index (χ0v) is 23.3. The molecule has 0 aromatic rings. The first-order valence-corrected chi connectivity index (χ1v) is 13.7. The van der Waals surface area contributed by atoms with Crippen molar-refractivity contribution in [3.05, 3.63) is 0 Å². The topological polar surface area (TPSA) is 241 Å². The molecular weight excluding hydrogens is 546 g/mol. The lowest BCUT2D eigenvalue weighted by Crippen LogP contribution is -2.66. The van der Waals surface area contributed by atoms with Gasteiger partial charge in [0.1, 0.15) is 42.5 Å². The van der Waals surface area contributed by atoms with Gasteiger partial charge in [0.25, 0.3) is 0 Å². The highest BCUT2D eigenvalue weighted by Crippen LogP contribution is 2.28. The number of hydrogen-bond acceptors (Lipinski definition) is 11. The van der Waals surface area contributed by atoms with E-state index in [0.29, 0.717) is 25.7 Å². The molecular formula is C25H41N5O11. The number of aliphatic hydroxyl groups is 3. The summed E-state index contributed by atoms with van der Waals surface area (Å²) in [5.74, 6) is -3.56. The molecule has 0 aliphatic carbocycles. The number of carbonyl (C=O) groups is 5. The number of nitrogens with one attached hydrogen (secondary N) is 2. The van der Waals surface area contributed by atoms with E-state index < -0.39 is 97.1 Å². The van der Waals surface area contributed by atoms with Crippen molar-refractivity contribution in [2.24, 2.45) is 5.73 Å². The van der Waals surface area contributed by atoms with Crippen LogP contribution in [0.25, 0.3) is 0 Å². The molecule has 3 heterocycles. The number of nitrogens with zero attached hydrogens (tertiary/aromatic N) is 2. The third-order valence-corrected chi connectivity index (χ3v) is 7.69. The van der Waals surface area contributed by atoms with E-state index in [2.05, 4.69) is 10.6 Å². The van der Waals surface area contributed by atoms with Crippen LogP contribution in [0, 0.1) is 0 Å². The van der Waals surface area contributed by atoms with Crippen LogP contribution in [0.4, 0.5) is 0 Å². The molecule has 0 aromatic carbocycles. The van der Waals surface area contributed by atoms with Crippen LogP contribution in [-0.4, -0.2) is 140 Å². The molecule has 41 heavy (non-hydrogen) atoms. The second kappa shape index (κ2) is 13.8. The molecule has 16 nitrogen and oxygen atoms in total. The molecule has 10 atom stereocenters. The van der Waals surface area contributed by atoms with E-state index in [4.69, 9.17) is 15.2 Å². The molecule has 0 unspecified atom stereocenters. The SMILES string of the molecule is CC(=O)N[C@H]1[C@@H](O[C@H](C)[C@H](NC(=O)[C@H](C)N)C(=O)N2CCC[C@H]2C(=O)N2CCC[C@H]2C(=O)O)O[C@H](CO)[C@H](O)[C@@H]1O. The summed E-state index contributed by atoms with van der Waals surface area (Å²) in [5.41, 5.74) is 5.72. The second-order valence-corrected chi connectivity index (χ2v) is 10.8. The lowest BCUT2D eigenvalue weighted by Gasteiger charge is -2.43. The second-order valence-electron chi connectivity index (χ2n) is 10.8. The maximum absolute atomic E-state index is 13.9. The number of carboxylic acid groups (broad SMARTS) is 1. The number of hydrogen-bond donors (Lipinski definition) is 7. The minimum absolute atomic E-state index is 0.171. The summed E-state index contributed by atoms with van der Waals surface area (Å²) < 4.78 is 11.5. The highest BCUT2D eigenvalue weighted by atomic mass is 16.7. The minimum atomic E-state index is -1.60. The summed E-state index contributed by atoms with van der Waals surface area (Å²) in [4.78, 5) is 65.9. The van der Waals surface area contributed by atoms with Gasteiger partial charge in [0.05, 0.1) is 18.8 Å². The van der Waals surface area contributed by atoms with E-state index in [1.807, 2.05) is 0 Å². The molecule has 3 rings (SSSR count). The van der Waals surface area contributed by atoms with Crippen LogP contribution in [0.3, 0.4) is 0 Å². The van der Waals surface area contributed by atoms with Gasteiger partial charge in [-0.1, -0.05) is 0 Å². The molecule has 3 saturated heterocycles. The summed E-state index contributed by atoms with van der Waals surface area (Å²) in [6.07, 6.45) is -5.48. The van der Waals surface area contributed by atoms with Crippen molar-refractivity contribution in [1.29, 1.82) is 0 Å². The first-order valence-electron chi connectivity index (χ1n) is 13.7. The number of amides is 4. The van der Waals surface area contributed by atoms with Gasteiger partial charge in [-0.15, -0.1) is 0 Å². The van der Waals surface area contributed by atoms with Crippen LogP contribution in [0.1, 0.15) is 46.5 Å². The molecule has 0 bridgehead atoms. The number of rotatable bonds is 10. The number of aliphatic carboxylic acids is 1. The molecule has 0 spiro atoms. The molecule has 3 aliphatic rings. The van der Waals surface area contributed by atoms with Gasteiger partial charge in [-0.25, -0.2) is 4.79 Å². The minimum Gasteiger partial charge on any atom is -0.480 e. The summed E-state index contributed by atoms with van der Waals surface area (Å²) >= 11 is 0. The largest absolute Gasteiger partial charge is 0.480 e. The molecule has 8 N–H and O–H groups in total.